The smallest absolute Gasteiger partial charge is 0.272 e. The van der Waals surface area contributed by atoms with Crippen LogP contribution in [0.25, 0.3) is 10.9 Å². The molecule has 1 saturated heterocycles. The van der Waals surface area contributed by atoms with Crippen molar-refractivity contribution in [1.29, 1.82) is 0 Å². The predicted octanol–water partition coefficient (Wildman–Crippen LogP) is 0.420. The van der Waals surface area contributed by atoms with Gasteiger partial charge in [0.25, 0.3) is 11.6 Å². The Bertz CT molecular complexity index is 677. The van der Waals surface area contributed by atoms with Gasteiger partial charge >= 0.3 is 0 Å². The molecule has 0 saturated carbocycles. The van der Waals surface area contributed by atoms with Crippen molar-refractivity contribution in [1.82, 2.24) is 20.8 Å². The number of non-ortho nitro benzene ring substituents is 1. The van der Waals surface area contributed by atoms with Crippen molar-refractivity contribution in [3.63, 3.8) is 0 Å². The zero-order chi connectivity index (χ0) is 14.1. The van der Waals surface area contributed by atoms with Gasteiger partial charge in [-0.3, -0.25) is 20.0 Å². The number of nitro benzene ring substituents is 1. The number of fused-ring (bicyclic) bond motifs is 1. The first-order chi connectivity index (χ1) is 9.65. The second-order valence-corrected chi connectivity index (χ2v) is 4.79. The molecule has 1 aliphatic heterocycles. The minimum Gasteiger partial charge on any atom is -0.350 e. The number of H-pyrrole nitrogens is 1. The van der Waals surface area contributed by atoms with Crippen molar-refractivity contribution in [3.8, 4) is 0 Å². The fourth-order valence-electron chi connectivity index (χ4n) is 2.10. The number of rotatable bonds is 4. The Kier molecular flexibility index (Phi) is 3.07. The summed E-state index contributed by atoms with van der Waals surface area (Å²) in [4.78, 5) is 22.3. The largest absolute Gasteiger partial charge is 0.350 e. The first kappa shape index (κ1) is 12.5. The summed E-state index contributed by atoms with van der Waals surface area (Å²) < 4.78 is 0. The van der Waals surface area contributed by atoms with E-state index in [0.717, 1.165) is 13.1 Å². The van der Waals surface area contributed by atoms with Crippen molar-refractivity contribution in [2.24, 2.45) is 5.92 Å². The van der Waals surface area contributed by atoms with Crippen molar-refractivity contribution in [2.75, 3.05) is 19.6 Å². The van der Waals surface area contributed by atoms with Crippen molar-refractivity contribution in [2.45, 2.75) is 0 Å². The van der Waals surface area contributed by atoms with Crippen LogP contribution in [0.4, 0.5) is 5.69 Å². The minimum absolute atomic E-state index is 0.0591. The van der Waals surface area contributed by atoms with E-state index in [1.54, 1.807) is 6.07 Å². The molecule has 8 heteroatoms. The fraction of sp³-hybridized carbons (Fsp3) is 0.333. The van der Waals surface area contributed by atoms with Gasteiger partial charge in [0.1, 0.15) is 0 Å². The molecule has 1 fully saturated rings. The lowest BCUT2D eigenvalue weighted by Gasteiger charge is -2.26. The molecule has 1 aromatic carbocycles. The topological polar surface area (TPSA) is 113 Å². The second kappa shape index (κ2) is 4.89. The monoisotopic (exact) mass is 275 g/mol. The number of nitrogens with one attached hydrogen (secondary N) is 3. The van der Waals surface area contributed by atoms with Gasteiger partial charge < -0.3 is 10.6 Å². The number of carbonyl (C=O) groups excluding carboxylic acids is 1. The van der Waals surface area contributed by atoms with Crippen LogP contribution >= 0.6 is 0 Å². The average molecular weight is 275 g/mol. The molecule has 0 bridgehead atoms. The molecule has 0 radical (unpaired) electrons. The van der Waals surface area contributed by atoms with E-state index >= 15 is 0 Å². The summed E-state index contributed by atoms with van der Waals surface area (Å²) in [6.45, 7) is 2.37. The van der Waals surface area contributed by atoms with Gasteiger partial charge in [-0.2, -0.15) is 5.10 Å². The van der Waals surface area contributed by atoms with Crippen LogP contribution in [0.3, 0.4) is 0 Å². The van der Waals surface area contributed by atoms with E-state index in [1.807, 2.05) is 0 Å². The Labute approximate surface area is 113 Å². The summed E-state index contributed by atoms with van der Waals surface area (Å²) in [6, 6.07) is 4.29. The predicted molar refractivity (Wildman–Crippen MR) is 71.4 cm³/mol. The number of nitro groups is 1. The van der Waals surface area contributed by atoms with Crippen molar-refractivity contribution in [3.05, 3.63) is 34.0 Å². The molecule has 20 heavy (non-hydrogen) atoms. The number of nitrogens with zero attached hydrogens (tertiary/aromatic N) is 2. The van der Waals surface area contributed by atoms with E-state index in [0.29, 0.717) is 23.4 Å². The average Bonchev–Trinajstić information content (AvgIpc) is 2.79. The van der Waals surface area contributed by atoms with Gasteiger partial charge in [0, 0.05) is 43.1 Å². The van der Waals surface area contributed by atoms with Crippen LogP contribution in [-0.4, -0.2) is 40.7 Å². The minimum atomic E-state index is -0.492. The lowest BCUT2D eigenvalue weighted by molar-refractivity contribution is -0.384. The number of aromatic amines is 1. The molecule has 3 N–H and O–H groups in total. The summed E-state index contributed by atoms with van der Waals surface area (Å²) in [6.07, 6.45) is 0. The molecule has 0 unspecified atom stereocenters. The van der Waals surface area contributed by atoms with Gasteiger partial charge in [0.15, 0.2) is 5.69 Å². The van der Waals surface area contributed by atoms with E-state index in [-0.39, 0.29) is 17.3 Å². The van der Waals surface area contributed by atoms with Crippen molar-refractivity contribution < 1.29 is 9.72 Å². The highest BCUT2D eigenvalue weighted by atomic mass is 16.6. The Hall–Kier alpha value is -2.48. The fourth-order valence-corrected chi connectivity index (χ4v) is 2.10. The number of carbonyl (C=O) groups is 1. The maximum Gasteiger partial charge on any atom is 0.272 e. The van der Waals surface area contributed by atoms with E-state index in [2.05, 4.69) is 20.8 Å². The SMILES string of the molecule is O=C(NCC1CNC1)c1n[nH]c2ccc([N+](=O)[O-])cc12. The number of amides is 1. The van der Waals surface area contributed by atoms with Crippen LogP contribution in [0.5, 0.6) is 0 Å². The number of hydrogen-bond donors (Lipinski definition) is 3. The van der Waals surface area contributed by atoms with E-state index in [9.17, 15) is 14.9 Å². The Morgan fingerprint density at radius 3 is 2.95 bits per heavy atom. The van der Waals surface area contributed by atoms with Crippen LogP contribution in [0.2, 0.25) is 0 Å². The Morgan fingerprint density at radius 1 is 1.50 bits per heavy atom. The quantitative estimate of drug-likeness (QED) is 0.553. The van der Waals surface area contributed by atoms with Crippen molar-refractivity contribution >= 4 is 22.5 Å². The van der Waals surface area contributed by atoms with Crippen LogP contribution in [0.15, 0.2) is 18.2 Å². The standard InChI is InChI=1S/C12H13N5O3/c18-12(14-6-7-4-13-5-7)11-9-3-8(17(19)20)1-2-10(9)15-16-11/h1-3,7,13H,4-6H2,(H,14,18)(H,15,16). The number of benzene rings is 1. The molecule has 2 aromatic rings. The second-order valence-electron chi connectivity index (χ2n) is 4.79. The van der Waals surface area contributed by atoms with Gasteiger partial charge in [0.2, 0.25) is 0 Å². The van der Waals surface area contributed by atoms with Crippen LogP contribution in [-0.2, 0) is 0 Å². The highest BCUT2D eigenvalue weighted by molar-refractivity contribution is 6.05. The summed E-state index contributed by atoms with van der Waals surface area (Å²) in [7, 11) is 0. The lowest BCUT2D eigenvalue weighted by atomic mass is 10.0. The van der Waals surface area contributed by atoms with E-state index < -0.39 is 4.92 Å². The van der Waals surface area contributed by atoms with Crippen LogP contribution < -0.4 is 10.6 Å². The molecule has 3 rings (SSSR count). The van der Waals surface area contributed by atoms with E-state index in [1.165, 1.54) is 12.1 Å². The maximum atomic E-state index is 12.1. The molecule has 0 atom stereocenters. The lowest BCUT2D eigenvalue weighted by Crippen LogP contribution is -2.48. The number of aromatic nitrogens is 2. The maximum absolute atomic E-state index is 12.1. The van der Waals surface area contributed by atoms with Gasteiger partial charge in [-0.25, -0.2) is 0 Å². The summed E-state index contributed by atoms with van der Waals surface area (Å²) in [5.74, 6) is 0.127. The third-order valence-corrected chi connectivity index (χ3v) is 3.39. The Morgan fingerprint density at radius 2 is 2.30 bits per heavy atom. The molecule has 1 aromatic heterocycles. The first-order valence-corrected chi connectivity index (χ1v) is 6.26. The van der Waals surface area contributed by atoms with E-state index in [4.69, 9.17) is 0 Å². The van der Waals surface area contributed by atoms with Gasteiger partial charge in [0.05, 0.1) is 10.4 Å². The molecule has 0 spiro atoms. The molecule has 8 nitrogen and oxygen atoms in total. The third-order valence-electron chi connectivity index (χ3n) is 3.39. The molecule has 1 aliphatic rings. The number of hydrogen-bond acceptors (Lipinski definition) is 5. The van der Waals surface area contributed by atoms with Gasteiger partial charge in [-0.05, 0) is 6.07 Å². The Balaban J connectivity index is 1.84. The first-order valence-electron chi connectivity index (χ1n) is 6.26. The third kappa shape index (κ3) is 2.21. The molecule has 0 aliphatic carbocycles. The zero-order valence-electron chi connectivity index (χ0n) is 10.5. The summed E-state index contributed by atoms with van der Waals surface area (Å²) in [5.41, 5.74) is 0.734. The molecular formula is C12H13N5O3. The molecule has 1 amide bonds. The normalized spacial score (nSPS) is 15.0. The molecule has 104 valence electrons. The highest BCUT2D eigenvalue weighted by Crippen LogP contribution is 2.22. The van der Waals surface area contributed by atoms with Gasteiger partial charge in [-0.1, -0.05) is 0 Å². The molecular weight excluding hydrogens is 262 g/mol. The van der Waals surface area contributed by atoms with Gasteiger partial charge in [-0.15, -0.1) is 0 Å². The van der Waals surface area contributed by atoms with Crippen LogP contribution in [0.1, 0.15) is 10.5 Å². The summed E-state index contributed by atoms with van der Waals surface area (Å²) in [5, 5.41) is 23.8. The zero-order valence-corrected chi connectivity index (χ0v) is 10.5. The highest BCUT2D eigenvalue weighted by Gasteiger charge is 2.20. The van der Waals surface area contributed by atoms with Crippen LogP contribution in [0, 0.1) is 16.0 Å². The summed E-state index contributed by atoms with van der Waals surface area (Å²) >= 11 is 0. The molecule has 2 heterocycles.